The molecule has 2 aliphatic carbocycles. The fraction of sp³-hybridized carbons (Fsp3) is 0.263. The first-order valence-corrected chi connectivity index (χ1v) is 18.9. The maximum atomic E-state index is 14.2. The van der Waals surface area contributed by atoms with Gasteiger partial charge in [0.2, 0.25) is 11.8 Å². The summed E-state index contributed by atoms with van der Waals surface area (Å²) >= 11 is 6.47. The largest absolute Gasteiger partial charge is 0.497 e. The molecular formula is C38H30BrN3O6S2. The van der Waals surface area contributed by atoms with Crippen molar-refractivity contribution in [3.8, 4) is 11.5 Å². The van der Waals surface area contributed by atoms with Crippen LogP contribution in [-0.2, 0) is 14.4 Å². The van der Waals surface area contributed by atoms with E-state index in [1.54, 1.807) is 43.1 Å². The van der Waals surface area contributed by atoms with Crippen LogP contribution in [0.5, 0.6) is 11.5 Å². The van der Waals surface area contributed by atoms with E-state index in [2.05, 4.69) is 26.2 Å². The number of rotatable bonds is 7. The second kappa shape index (κ2) is 12.1. The Morgan fingerprint density at radius 2 is 1.70 bits per heavy atom. The normalized spacial score (nSPS) is 26.1. The van der Waals surface area contributed by atoms with Crippen molar-refractivity contribution in [2.75, 3.05) is 23.9 Å². The Morgan fingerprint density at radius 1 is 0.940 bits per heavy atom. The van der Waals surface area contributed by atoms with Crippen molar-refractivity contribution in [2.24, 2.45) is 29.6 Å². The number of hydrogen-bond acceptors (Lipinski definition) is 8. The number of hydrogen-bond donors (Lipinski definition) is 2. The number of thiazole rings is 1. The van der Waals surface area contributed by atoms with Gasteiger partial charge in [-0.15, -0.1) is 11.8 Å². The van der Waals surface area contributed by atoms with Crippen LogP contribution in [0.3, 0.4) is 0 Å². The first-order valence-electron chi connectivity index (χ1n) is 16.4. The summed E-state index contributed by atoms with van der Waals surface area (Å²) in [5, 5.41) is 5.87. The number of carbonyl (C=O) groups is 3. The van der Waals surface area contributed by atoms with Crippen molar-refractivity contribution >= 4 is 78.9 Å². The Bertz CT molecular complexity index is 2270. The van der Waals surface area contributed by atoms with E-state index < -0.39 is 11.8 Å². The van der Waals surface area contributed by atoms with Crippen molar-refractivity contribution in [3.63, 3.8) is 0 Å². The third-order valence-corrected chi connectivity index (χ3v) is 13.8. The fourth-order valence-electron chi connectivity index (χ4n) is 8.85. The van der Waals surface area contributed by atoms with Crippen LogP contribution in [0.15, 0.2) is 99.2 Å². The minimum Gasteiger partial charge on any atom is -0.497 e. The van der Waals surface area contributed by atoms with Gasteiger partial charge in [0.15, 0.2) is 6.61 Å². The summed E-state index contributed by atoms with van der Waals surface area (Å²) in [6.45, 7) is -0.214. The molecule has 50 heavy (non-hydrogen) atoms. The van der Waals surface area contributed by atoms with Crippen LogP contribution >= 0.6 is 39.0 Å². The number of halogens is 1. The number of ether oxygens (including phenoxy) is 2. The van der Waals surface area contributed by atoms with Gasteiger partial charge in [-0.1, -0.05) is 57.6 Å². The zero-order chi connectivity index (χ0) is 34.3. The monoisotopic (exact) mass is 767 g/mol. The number of nitrogens with one attached hydrogen (secondary N) is 2. The first kappa shape index (κ1) is 31.6. The van der Waals surface area contributed by atoms with Gasteiger partial charge in [0.25, 0.3) is 5.91 Å². The van der Waals surface area contributed by atoms with E-state index in [4.69, 9.17) is 9.47 Å². The van der Waals surface area contributed by atoms with Crippen molar-refractivity contribution in [1.82, 2.24) is 4.98 Å². The van der Waals surface area contributed by atoms with Gasteiger partial charge < -0.3 is 19.8 Å². The quantitative estimate of drug-likeness (QED) is 0.171. The van der Waals surface area contributed by atoms with Crippen molar-refractivity contribution in [2.45, 2.75) is 22.6 Å². The van der Waals surface area contributed by atoms with Crippen molar-refractivity contribution in [1.29, 1.82) is 0 Å². The van der Waals surface area contributed by atoms with Gasteiger partial charge in [-0.2, -0.15) is 0 Å². The highest BCUT2D eigenvalue weighted by molar-refractivity contribution is 9.10. The van der Waals surface area contributed by atoms with Gasteiger partial charge in [0.05, 0.1) is 29.7 Å². The van der Waals surface area contributed by atoms with Crippen molar-refractivity contribution < 1.29 is 23.9 Å². The standard InChI is InChI=1S/C38H30BrN3O6S2/c1-47-23-11-9-22(10-12-23)42-36(44)31-25-16-26(32(31)37(42)45)33-30(25)29(34-35(49-33)41-38(46)50-34)24-15-20(39)7-13-27(24)48-17-28(43)40-21-8-6-18-4-2-3-5-19(18)14-21/h2-15,25-26,29-33H,16-17H2,1H3,(H,40,43)(H,41,46)/t25-,26-,29-,30?,31?,32?,33?/m1/s1. The summed E-state index contributed by atoms with van der Waals surface area (Å²) in [4.78, 5) is 59.3. The maximum Gasteiger partial charge on any atom is 0.305 e. The number of fused-ring (bicyclic) bond motifs is 10. The Morgan fingerprint density at radius 3 is 2.48 bits per heavy atom. The summed E-state index contributed by atoms with van der Waals surface area (Å²) in [5.41, 5.74) is 2.07. The second-order valence-corrected chi connectivity index (χ2v) is 16.4. The minimum atomic E-state index is -0.444. The summed E-state index contributed by atoms with van der Waals surface area (Å²) in [6.07, 6.45) is 0.764. The van der Waals surface area contributed by atoms with Gasteiger partial charge >= 0.3 is 4.87 Å². The van der Waals surface area contributed by atoms with Crippen LogP contribution in [0.2, 0.25) is 0 Å². The van der Waals surface area contributed by atoms with Crippen LogP contribution in [0.4, 0.5) is 11.4 Å². The predicted molar refractivity (Wildman–Crippen MR) is 196 cm³/mol. The van der Waals surface area contributed by atoms with Crippen molar-refractivity contribution in [3.05, 3.63) is 110 Å². The van der Waals surface area contributed by atoms with Gasteiger partial charge in [-0.05, 0) is 89.5 Å². The van der Waals surface area contributed by atoms with Crippen LogP contribution in [0, 0.1) is 29.6 Å². The lowest BCUT2D eigenvalue weighted by atomic mass is 9.68. The van der Waals surface area contributed by atoms with Crippen LogP contribution < -0.4 is 24.6 Å². The Labute approximate surface area is 303 Å². The number of anilines is 2. The molecule has 4 unspecified atom stereocenters. The Hall–Kier alpha value is -4.39. The number of benzene rings is 4. The summed E-state index contributed by atoms with van der Waals surface area (Å²) in [7, 11) is 1.58. The summed E-state index contributed by atoms with van der Waals surface area (Å²) in [5.74, 6) is -0.669. The van der Waals surface area contributed by atoms with E-state index in [9.17, 15) is 19.2 Å². The Balaban J connectivity index is 1.03. The summed E-state index contributed by atoms with van der Waals surface area (Å²) < 4.78 is 12.4. The van der Waals surface area contributed by atoms with Gasteiger partial charge in [-0.3, -0.25) is 24.1 Å². The van der Waals surface area contributed by atoms with E-state index in [0.717, 1.165) is 37.1 Å². The zero-order valence-corrected chi connectivity index (χ0v) is 29.8. The molecule has 9 rings (SSSR count). The average Bonchev–Trinajstić information content (AvgIpc) is 3.86. The minimum absolute atomic E-state index is 0.0135. The number of aromatic nitrogens is 1. The number of thioether (sulfide) groups is 1. The molecule has 2 N–H and O–H groups in total. The lowest BCUT2D eigenvalue weighted by molar-refractivity contribution is -0.123. The molecule has 252 valence electrons. The number of aromatic amines is 1. The zero-order valence-electron chi connectivity index (χ0n) is 26.6. The molecule has 12 heteroatoms. The third kappa shape index (κ3) is 5.02. The number of methoxy groups -OCH3 is 1. The number of carbonyl (C=O) groups excluding carboxylic acids is 3. The number of amides is 3. The lowest BCUT2D eigenvalue weighted by Crippen LogP contribution is -2.42. The first-order chi connectivity index (χ1) is 24.3. The number of nitrogens with zero attached hydrogens (tertiary/aromatic N) is 1. The van der Waals surface area contributed by atoms with E-state index in [0.29, 0.717) is 22.9 Å². The molecule has 3 heterocycles. The molecule has 3 amide bonds. The maximum absolute atomic E-state index is 14.2. The van der Waals surface area contributed by atoms with Crippen LogP contribution in [0.25, 0.3) is 10.8 Å². The van der Waals surface area contributed by atoms with Crippen LogP contribution in [-0.4, -0.2) is 41.7 Å². The van der Waals surface area contributed by atoms with Gasteiger partial charge in [-0.25, -0.2) is 0 Å². The molecule has 1 saturated heterocycles. The van der Waals surface area contributed by atoms with Gasteiger partial charge in [0, 0.05) is 31.8 Å². The molecule has 7 atom stereocenters. The third-order valence-electron chi connectivity index (χ3n) is 10.8. The number of H-pyrrole nitrogens is 1. The molecule has 5 aromatic rings. The SMILES string of the molecule is COc1ccc(N2C(=O)C3C(C2=O)[C@@H]2C[C@H]3C3Sc4[nH]c(=O)sc4[C@H](c4cc(Br)ccc4OCC(=O)Nc4ccc5ccccc5c4)C32)cc1. The van der Waals surface area contributed by atoms with E-state index in [1.807, 2.05) is 60.7 Å². The highest BCUT2D eigenvalue weighted by Gasteiger charge is 2.69. The molecule has 9 nitrogen and oxygen atoms in total. The highest BCUT2D eigenvalue weighted by atomic mass is 79.9. The summed E-state index contributed by atoms with van der Waals surface area (Å²) in [6, 6.07) is 26.5. The predicted octanol–water partition coefficient (Wildman–Crippen LogP) is 7.06. The molecule has 4 aliphatic rings. The van der Waals surface area contributed by atoms with Crippen LogP contribution in [0.1, 0.15) is 22.8 Å². The molecule has 1 aromatic heterocycles. The Kier molecular flexibility index (Phi) is 7.67. The molecule has 4 aromatic carbocycles. The molecule has 2 saturated carbocycles. The van der Waals surface area contributed by atoms with E-state index in [-0.39, 0.29) is 58.1 Å². The molecular weight excluding hydrogens is 738 g/mol. The molecule has 3 fully saturated rings. The number of imide groups is 1. The molecule has 0 spiro atoms. The lowest BCUT2D eigenvalue weighted by Gasteiger charge is -2.43. The molecule has 0 radical (unpaired) electrons. The topological polar surface area (TPSA) is 118 Å². The van der Waals surface area contributed by atoms with E-state index >= 15 is 0 Å². The smallest absolute Gasteiger partial charge is 0.305 e. The molecule has 2 bridgehead atoms. The average molecular weight is 769 g/mol. The fourth-order valence-corrected chi connectivity index (χ4v) is 12.1. The molecule has 2 aliphatic heterocycles. The van der Waals surface area contributed by atoms with E-state index in [1.165, 1.54) is 16.2 Å². The second-order valence-electron chi connectivity index (χ2n) is 13.3. The van der Waals surface area contributed by atoms with Gasteiger partial charge in [0.1, 0.15) is 11.5 Å². The highest BCUT2D eigenvalue weighted by Crippen LogP contribution is 2.69.